The zero-order chi connectivity index (χ0) is 9.84. The minimum absolute atomic E-state index is 0. The van der Waals surface area contributed by atoms with E-state index in [4.69, 9.17) is 0 Å². The zero-order valence-corrected chi connectivity index (χ0v) is 10.6. The van der Waals surface area contributed by atoms with Crippen molar-refractivity contribution >= 4 is 17.0 Å². The molecule has 72 valence electrons. The molecule has 14 heavy (non-hydrogen) atoms. The molecule has 1 heterocycles. The number of aromatic amines is 1. The summed E-state index contributed by atoms with van der Waals surface area (Å²) in [7, 11) is 0. The van der Waals surface area contributed by atoms with E-state index in [2.05, 4.69) is 14.9 Å². The van der Waals surface area contributed by atoms with E-state index in [1.807, 2.05) is 0 Å². The van der Waals surface area contributed by atoms with E-state index in [9.17, 15) is 13.6 Å². The molecule has 0 bridgehead atoms. The number of esters is 1. The van der Waals surface area contributed by atoms with E-state index >= 15 is 0 Å². The van der Waals surface area contributed by atoms with Crippen molar-refractivity contribution in [2.24, 2.45) is 0 Å². The number of carbonyl (C=O) groups excluding carboxylic acids is 1. The maximum Gasteiger partial charge on any atom is 1.00 e. The normalized spacial score (nSPS) is 11.6. The quantitative estimate of drug-likeness (QED) is 0.333. The molecule has 0 aromatic carbocycles. The molecule has 0 fully saturated rings. The van der Waals surface area contributed by atoms with Crippen LogP contribution in [0.15, 0.2) is 11.2 Å². The van der Waals surface area contributed by atoms with Crippen molar-refractivity contribution in [1.29, 1.82) is 0 Å². The summed E-state index contributed by atoms with van der Waals surface area (Å²) < 4.78 is 25.6. The second kappa shape index (κ2) is 6.31. The maximum absolute atomic E-state index is 11.1. The van der Waals surface area contributed by atoms with E-state index in [0.29, 0.717) is 0 Å². The molecule has 1 rings (SSSR count). The van der Waals surface area contributed by atoms with Gasteiger partial charge in [0.25, 0.3) is 0 Å². The van der Waals surface area contributed by atoms with Crippen molar-refractivity contribution in [3.63, 3.8) is 0 Å². The predicted octanol–water partition coefficient (Wildman–Crippen LogP) is -3.17. The van der Waals surface area contributed by atoms with Crippen LogP contribution in [0.4, 0.5) is 0 Å². The average Bonchev–Trinajstić information content (AvgIpc) is 2.52. The van der Waals surface area contributed by atoms with Crippen LogP contribution in [0.5, 0.6) is 0 Å². The SMILES string of the molecule is CCOC(=O)c1cn[nH]c1S(=O)[O-].[Na+]. The van der Waals surface area contributed by atoms with E-state index < -0.39 is 17.0 Å². The van der Waals surface area contributed by atoms with Crippen molar-refractivity contribution in [3.05, 3.63) is 11.8 Å². The molecule has 0 spiro atoms. The van der Waals surface area contributed by atoms with E-state index in [1.165, 1.54) is 0 Å². The molecular formula is C6H7N2NaO4S. The largest absolute Gasteiger partial charge is 1.00 e. The van der Waals surface area contributed by atoms with Gasteiger partial charge < -0.3 is 9.29 Å². The van der Waals surface area contributed by atoms with E-state index in [-0.39, 0.29) is 46.8 Å². The van der Waals surface area contributed by atoms with Gasteiger partial charge in [-0.1, -0.05) is 0 Å². The monoisotopic (exact) mass is 226 g/mol. The Morgan fingerprint density at radius 1 is 1.79 bits per heavy atom. The summed E-state index contributed by atoms with van der Waals surface area (Å²) in [5.41, 5.74) is -0.0739. The third-order valence-electron chi connectivity index (χ3n) is 1.27. The second-order valence-corrected chi connectivity index (χ2v) is 2.95. The molecule has 1 unspecified atom stereocenters. The van der Waals surface area contributed by atoms with Crippen molar-refractivity contribution in [2.45, 2.75) is 11.9 Å². The summed E-state index contributed by atoms with van der Waals surface area (Å²) in [4.78, 5) is 11.1. The minimum Gasteiger partial charge on any atom is -0.767 e. The molecule has 0 saturated carbocycles. The Balaban J connectivity index is 0.00000169. The summed E-state index contributed by atoms with van der Waals surface area (Å²) >= 11 is -2.50. The van der Waals surface area contributed by atoms with Gasteiger partial charge in [-0.15, -0.1) is 0 Å². The van der Waals surface area contributed by atoms with E-state index in [1.54, 1.807) is 6.92 Å². The molecular weight excluding hydrogens is 219 g/mol. The van der Waals surface area contributed by atoms with Gasteiger partial charge in [-0.05, 0) is 18.0 Å². The molecule has 1 aromatic rings. The number of hydrogen-bond acceptors (Lipinski definition) is 5. The van der Waals surface area contributed by atoms with Gasteiger partial charge >= 0.3 is 35.5 Å². The first-order chi connectivity index (χ1) is 6.16. The summed E-state index contributed by atoms with van der Waals surface area (Å²) in [6, 6.07) is 0. The number of nitrogens with zero attached hydrogens (tertiary/aromatic N) is 1. The van der Waals surface area contributed by atoms with Crippen LogP contribution in [0, 0.1) is 0 Å². The molecule has 1 aromatic heterocycles. The van der Waals surface area contributed by atoms with Gasteiger partial charge in [-0.3, -0.25) is 9.31 Å². The number of ether oxygens (including phenoxy) is 1. The third kappa shape index (κ3) is 3.18. The summed E-state index contributed by atoms with van der Waals surface area (Å²) in [6.07, 6.45) is 1.11. The van der Waals surface area contributed by atoms with Gasteiger partial charge in [0.1, 0.15) is 10.6 Å². The van der Waals surface area contributed by atoms with Crippen LogP contribution in [0.2, 0.25) is 0 Å². The van der Waals surface area contributed by atoms with Crippen molar-refractivity contribution in [1.82, 2.24) is 10.2 Å². The Hall–Kier alpha value is -0.210. The van der Waals surface area contributed by atoms with Crippen molar-refractivity contribution in [3.8, 4) is 0 Å². The first kappa shape index (κ1) is 13.8. The van der Waals surface area contributed by atoms with Crippen LogP contribution in [0.1, 0.15) is 17.3 Å². The summed E-state index contributed by atoms with van der Waals surface area (Å²) in [5, 5.41) is 5.36. The molecule has 0 aliphatic heterocycles. The number of H-pyrrole nitrogens is 1. The Morgan fingerprint density at radius 2 is 2.43 bits per heavy atom. The predicted molar refractivity (Wildman–Crippen MR) is 41.7 cm³/mol. The van der Waals surface area contributed by atoms with E-state index in [0.717, 1.165) is 6.20 Å². The van der Waals surface area contributed by atoms with Gasteiger partial charge in [0, 0.05) is 0 Å². The third-order valence-corrected chi connectivity index (χ3v) is 1.91. The van der Waals surface area contributed by atoms with Gasteiger partial charge in [-0.2, -0.15) is 5.10 Å². The fourth-order valence-corrected chi connectivity index (χ4v) is 1.20. The van der Waals surface area contributed by atoms with Crippen molar-refractivity contribution < 1.29 is 47.9 Å². The Bertz CT molecular complexity index is 340. The second-order valence-electron chi connectivity index (χ2n) is 2.07. The van der Waals surface area contributed by atoms with Gasteiger partial charge in [0.15, 0.2) is 0 Å². The van der Waals surface area contributed by atoms with Crippen molar-refractivity contribution in [2.75, 3.05) is 6.61 Å². The average molecular weight is 226 g/mol. The molecule has 0 aliphatic rings. The topological polar surface area (TPSA) is 95.1 Å². The van der Waals surface area contributed by atoms with Gasteiger partial charge in [0.2, 0.25) is 0 Å². The number of hydrogen-bond donors (Lipinski definition) is 1. The Labute approximate surface area is 105 Å². The fraction of sp³-hybridized carbons (Fsp3) is 0.333. The fourth-order valence-electron chi connectivity index (χ4n) is 0.756. The number of carbonyl (C=O) groups is 1. The number of nitrogens with one attached hydrogen (secondary N) is 1. The molecule has 0 saturated heterocycles. The van der Waals surface area contributed by atoms with Crippen LogP contribution in [0.3, 0.4) is 0 Å². The molecule has 8 heteroatoms. The molecule has 0 aliphatic carbocycles. The number of aromatic nitrogens is 2. The maximum atomic E-state index is 11.1. The zero-order valence-electron chi connectivity index (χ0n) is 7.77. The minimum atomic E-state index is -2.50. The molecule has 0 amide bonds. The Morgan fingerprint density at radius 3 is 2.93 bits per heavy atom. The smallest absolute Gasteiger partial charge is 0.767 e. The molecule has 1 atom stereocenters. The molecule has 0 radical (unpaired) electrons. The number of rotatable bonds is 3. The summed E-state index contributed by atoms with van der Waals surface area (Å²) in [5.74, 6) is -0.699. The standard InChI is InChI=1S/C6H8N2O4S.Na/c1-2-12-6(9)4-3-7-8-5(4)13(10)11;/h3H,2H2,1H3,(H,7,8)(H,10,11);/q;+1/p-1. The van der Waals surface area contributed by atoms with Crippen LogP contribution in [-0.4, -0.2) is 31.5 Å². The van der Waals surface area contributed by atoms with Gasteiger partial charge in [0.05, 0.1) is 12.8 Å². The molecule has 1 N–H and O–H groups in total. The first-order valence-corrected chi connectivity index (χ1v) is 4.54. The van der Waals surface area contributed by atoms with Gasteiger partial charge in [-0.25, -0.2) is 4.79 Å². The summed E-state index contributed by atoms with van der Waals surface area (Å²) in [6.45, 7) is 1.82. The van der Waals surface area contributed by atoms with Crippen LogP contribution in [0.25, 0.3) is 0 Å². The first-order valence-electron chi connectivity index (χ1n) is 3.46. The van der Waals surface area contributed by atoms with Crippen LogP contribution >= 0.6 is 0 Å². The van der Waals surface area contributed by atoms with Crippen LogP contribution < -0.4 is 29.6 Å². The van der Waals surface area contributed by atoms with Crippen LogP contribution in [-0.2, 0) is 15.8 Å². The Kier molecular flexibility index (Phi) is 6.21. The molecule has 6 nitrogen and oxygen atoms in total.